The number of fused-ring (bicyclic) bond motifs is 1. The summed E-state index contributed by atoms with van der Waals surface area (Å²) in [5.74, 6) is 0.209. The Kier molecular flexibility index (Phi) is 3.26. The molecule has 2 atom stereocenters. The van der Waals surface area contributed by atoms with Crippen LogP contribution in [0.1, 0.15) is 25.5 Å². The molecule has 1 aromatic heterocycles. The van der Waals surface area contributed by atoms with Crippen LogP contribution in [0.3, 0.4) is 0 Å². The predicted octanol–water partition coefficient (Wildman–Crippen LogP) is 0.907. The van der Waals surface area contributed by atoms with Crippen LogP contribution < -0.4 is 0 Å². The minimum Gasteiger partial charge on any atom is -0.329 e. The van der Waals surface area contributed by atoms with Gasteiger partial charge in [-0.3, -0.25) is 9.59 Å². The minimum atomic E-state index is -0.333. The number of carbonyl (C=O) groups excluding carboxylic acids is 2. The van der Waals surface area contributed by atoms with Crippen molar-refractivity contribution in [2.75, 3.05) is 13.1 Å². The molecule has 2 saturated heterocycles. The summed E-state index contributed by atoms with van der Waals surface area (Å²) in [5, 5.41) is 1.99. The number of aromatic nitrogens is 1. The topological polar surface area (TPSA) is 53.5 Å². The highest BCUT2D eigenvalue weighted by Crippen LogP contribution is 2.26. The fraction of sp³-hybridized carbons (Fsp3) is 0.615. The number of thiazole rings is 1. The van der Waals surface area contributed by atoms with Crippen molar-refractivity contribution in [1.29, 1.82) is 0 Å². The molecule has 2 aliphatic rings. The normalized spacial score (nSPS) is 27.0. The zero-order valence-electron chi connectivity index (χ0n) is 10.9. The molecule has 19 heavy (non-hydrogen) atoms. The Labute approximate surface area is 116 Å². The van der Waals surface area contributed by atoms with E-state index in [1.165, 1.54) is 0 Å². The van der Waals surface area contributed by atoms with Crippen molar-refractivity contribution in [3.8, 4) is 0 Å². The van der Waals surface area contributed by atoms with Crippen LogP contribution in [0, 0.1) is 0 Å². The molecule has 0 aliphatic carbocycles. The molecule has 5 nitrogen and oxygen atoms in total. The van der Waals surface area contributed by atoms with Crippen LogP contribution in [0.5, 0.6) is 0 Å². The Hall–Kier alpha value is -1.43. The molecule has 6 heteroatoms. The van der Waals surface area contributed by atoms with Crippen LogP contribution in [0.15, 0.2) is 10.9 Å². The maximum Gasteiger partial charge on any atom is 0.246 e. The third kappa shape index (κ3) is 2.14. The molecule has 3 rings (SSSR count). The van der Waals surface area contributed by atoms with E-state index in [9.17, 15) is 9.59 Å². The maximum atomic E-state index is 12.4. The summed E-state index contributed by atoms with van der Waals surface area (Å²) in [7, 11) is 0. The van der Waals surface area contributed by atoms with E-state index >= 15 is 0 Å². The highest BCUT2D eigenvalue weighted by Gasteiger charge is 2.45. The largest absolute Gasteiger partial charge is 0.329 e. The first-order chi connectivity index (χ1) is 9.18. The van der Waals surface area contributed by atoms with Gasteiger partial charge in [-0.2, -0.15) is 0 Å². The van der Waals surface area contributed by atoms with Gasteiger partial charge >= 0.3 is 0 Å². The second-order valence-corrected chi connectivity index (χ2v) is 5.85. The molecule has 0 radical (unpaired) electrons. The van der Waals surface area contributed by atoms with Gasteiger partial charge in [-0.1, -0.05) is 0 Å². The summed E-state index contributed by atoms with van der Waals surface area (Å²) >= 11 is 1.55. The Bertz CT molecular complexity index is 488. The Morgan fingerprint density at radius 2 is 2.26 bits per heavy atom. The fourth-order valence-electron chi connectivity index (χ4n) is 2.94. The first kappa shape index (κ1) is 12.6. The van der Waals surface area contributed by atoms with Crippen LogP contribution in [0.2, 0.25) is 0 Å². The third-order valence-electron chi connectivity index (χ3n) is 4.02. The number of nitrogens with zero attached hydrogens (tertiary/aromatic N) is 3. The van der Waals surface area contributed by atoms with E-state index in [4.69, 9.17) is 0 Å². The standard InChI is InChI=1S/C13H17N3O2S/c1-9-12(17)16-5-2-3-11(16)13(18)15(9)6-4-10-7-19-8-14-10/h7-9,11H,2-6H2,1H3. The average molecular weight is 279 g/mol. The SMILES string of the molecule is CC1C(=O)N2CCCC2C(=O)N1CCc1cscn1. The number of piperazine rings is 1. The quantitative estimate of drug-likeness (QED) is 0.826. The number of hydrogen-bond donors (Lipinski definition) is 0. The lowest BCUT2D eigenvalue weighted by atomic mass is 10.1. The lowest BCUT2D eigenvalue weighted by molar-refractivity contribution is -0.158. The molecule has 102 valence electrons. The summed E-state index contributed by atoms with van der Waals surface area (Å²) in [6.07, 6.45) is 2.47. The molecule has 2 aliphatic heterocycles. The first-order valence-corrected chi connectivity index (χ1v) is 7.61. The van der Waals surface area contributed by atoms with Crippen molar-refractivity contribution in [3.63, 3.8) is 0 Å². The van der Waals surface area contributed by atoms with Gasteiger partial charge in [0.05, 0.1) is 11.2 Å². The van der Waals surface area contributed by atoms with E-state index in [1.807, 2.05) is 12.3 Å². The molecule has 1 aromatic rings. The van der Waals surface area contributed by atoms with Crippen molar-refractivity contribution in [1.82, 2.24) is 14.8 Å². The van der Waals surface area contributed by atoms with E-state index in [1.54, 1.807) is 26.6 Å². The smallest absolute Gasteiger partial charge is 0.246 e. The summed E-state index contributed by atoms with van der Waals surface area (Å²) in [6.45, 7) is 3.15. The molecule has 0 saturated carbocycles. The van der Waals surface area contributed by atoms with Crippen molar-refractivity contribution in [2.45, 2.75) is 38.3 Å². The zero-order valence-corrected chi connectivity index (χ0v) is 11.7. The molecule has 3 heterocycles. The van der Waals surface area contributed by atoms with Gasteiger partial charge in [-0.25, -0.2) is 4.98 Å². The molecule has 2 unspecified atom stereocenters. The van der Waals surface area contributed by atoms with Crippen LogP contribution >= 0.6 is 11.3 Å². The Morgan fingerprint density at radius 1 is 1.42 bits per heavy atom. The second kappa shape index (κ2) is 4.92. The summed E-state index contributed by atoms with van der Waals surface area (Å²) in [5.41, 5.74) is 2.78. The second-order valence-electron chi connectivity index (χ2n) is 5.13. The van der Waals surface area contributed by atoms with Gasteiger partial charge in [-0.05, 0) is 19.8 Å². The number of amides is 2. The van der Waals surface area contributed by atoms with E-state index < -0.39 is 0 Å². The van der Waals surface area contributed by atoms with Gasteiger partial charge < -0.3 is 9.80 Å². The molecule has 2 amide bonds. The Balaban J connectivity index is 1.72. The predicted molar refractivity (Wildman–Crippen MR) is 71.7 cm³/mol. The molecular formula is C13H17N3O2S. The average Bonchev–Trinajstić information content (AvgIpc) is 3.07. The minimum absolute atomic E-state index is 0.0976. The van der Waals surface area contributed by atoms with Crippen LogP contribution in [0.4, 0.5) is 0 Å². The van der Waals surface area contributed by atoms with Crippen LogP contribution in [-0.2, 0) is 16.0 Å². The molecule has 0 N–H and O–H groups in total. The number of carbonyl (C=O) groups is 2. The van der Waals surface area contributed by atoms with E-state index in [-0.39, 0.29) is 23.9 Å². The summed E-state index contributed by atoms with van der Waals surface area (Å²) < 4.78 is 0. The summed E-state index contributed by atoms with van der Waals surface area (Å²) in [4.78, 5) is 32.4. The van der Waals surface area contributed by atoms with Gasteiger partial charge in [0, 0.05) is 24.9 Å². The number of rotatable bonds is 3. The van der Waals surface area contributed by atoms with Gasteiger partial charge in [-0.15, -0.1) is 11.3 Å². The van der Waals surface area contributed by atoms with Crippen molar-refractivity contribution in [2.24, 2.45) is 0 Å². The summed E-state index contributed by atoms with van der Waals surface area (Å²) in [6, 6.07) is -0.542. The van der Waals surface area contributed by atoms with Gasteiger partial charge in [0.1, 0.15) is 12.1 Å². The maximum absolute atomic E-state index is 12.4. The van der Waals surface area contributed by atoms with Crippen molar-refractivity contribution < 1.29 is 9.59 Å². The van der Waals surface area contributed by atoms with Gasteiger partial charge in [0.2, 0.25) is 11.8 Å². The van der Waals surface area contributed by atoms with E-state index in [0.29, 0.717) is 6.54 Å². The lowest BCUT2D eigenvalue weighted by Gasteiger charge is -2.40. The van der Waals surface area contributed by atoms with Crippen molar-refractivity contribution >= 4 is 23.2 Å². The molecular weight excluding hydrogens is 262 g/mol. The fourth-order valence-corrected chi connectivity index (χ4v) is 3.54. The highest BCUT2D eigenvalue weighted by molar-refractivity contribution is 7.07. The highest BCUT2D eigenvalue weighted by atomic mass is 32.1. The number of hydrogen-bond acceptors (Lipinski definition) is 4. The van der Waals surface area contributed by atoms with E-state index in [0.717, 1.165) is 31.5 Å². The lowest BCUT2D eigenvalue weighted by Crippen LogP contribution is -2.62. The third-order valence-corrected chi connectivity index (χ3v) is 4.66. The Morgan fingerprint density at radius 3 is 3.00 bits per heavy atom. The molecule has 0 bridgehead atoms. The van der Waals surface area contributed by atoms with Crippen LogP contribution in [0.25, 0.3) is 0 Å². The van der Waals surface area contributed by atoms with E-state index in [2.05, 4.69) is 4.98 Å². The van der Waals surface area contributed by atoms with Gasteiger partial charge in [0.15, 0.2) is 0 Å². The zero-order chi connectivity index (χ0) is 13.4. The monoisotopic (exact) mass is 279 g/mol. The first-order valence-electron chi connectivity index (χ1n) is 6.66. The molecule has 2 fully saturated rings. The molecule has 0 aromatic carbocycles. The molecule has 0 spiro atoms. The van der Waals surface area contributed by atoms with Crippen LogP contribution in [-0.4, -0.2) is 51.8 Å². The van der Waals surface area contributed by atoms with Gasteiger partial charge in [0.25, 0.3) is 0 Å². The van der Waals surface area contributed by atoms with Crippen molar-refractivity contribution in [3.05, 3.63) is 16.6 Å².